The summed E-state index contributed by atoms with van der Waals surface area (Å²) >= 11 is 0. The maximum Gasteiger partial charge on any atom is 0.0997 e. The van der Waals surface area contributed by atoms with E-state index in [1.807, 2.05) is 11.7 Å². The molecule has 0 bridgehead atoms. The van der Waals surface area contributed by atoms with Gasteiger partial charge in [0.15, 0.2) is 0 Å². The van der Waals surface area contributed by atoms with Crippen molar-refractivity contribution in [2.45, 2.75) is 13.0 Å². The number of nitrogens with one attached hydrogen (secondary N) is 1. The van der Waals surface area contributed by atoms with E-state index in [1.165, 1.54) is 5.69 Å². The molecule has 4 nitrogen and oxygen atoms in total. The van der Waals surface area contributed by atoms with Crippen molar-refractivity contribution in [1.29, 1.82) is 0 Å². The zero-order valence-corrected chi connectivity index (χ0v) is 7.19. The first-order valence-electron chi connectivity index (χ1n) is 3.46. The number of rotatable bonds is 0. The molecule has 0 atom stereocenters. The van der Waals surface area contributed by atoms with Gasteiger partial charge >= 0.3 is 0 Å². The van der Waals surface area contributed by atoms with E-state index in [2.05, 4.69) is 15.6 Å². The molecule has 1 aromatic rings. The van der Waals surface area contributed by atoms with E-state index in [9.17, 15) is 0 Å². The number of fused-ring (bicyclic) bond motifs is 1. The summed E-state index contributed by atoms with van der Waals surface area (Å²) in [6, 6.07) is 0. The van der Waals surface area contributed by atoms with Crippen molar-refractivity contribution >= 4 is 12.4 Å². The number of aryl methyl sites for hydroxylation is 1. The first kappa shape index (κ1) is 8.49. The Morgan fingerprint density at radius 1 is 1.55 bits per heavy atom. The molecule has 0 radical (unpaired) electrons. The van der Waals surface area contributed by atoms with E-state index in [0.717, 1.165) is 25.2 Å². The second kappa shape index (κ2) is 3.19. The number of nitrogens with zero attached hydrogens (tertiary/aromatic N) is 3. The summed E-state index contributed by atoms with van der Waals surface area (Å²) in [5.41, 5.74) is 2.38. The predicted molar refractivity (Wildman–Crippen MR) is 43.7 cm³/mol. The summed E-state index contributed by atoms with van der Waals surface area (Å²) in [6.45, 7) is 1.93. The number of halogens is 1. The molecule has 1 aromatic heterocycles. The smallest absolute Gasteiger partial charge is 0.0997 e. The van der Waals surface area contributed by atoms with E-state index < -0.39 is 0 Å². The monoisotopic (exact) mass is 174 g/mol. The van der Waals surface area contributed by atoms with Crippen LogP contribution < -0.4 is 5.32 Å². The highest BCUT2D eigenvalue weighted by Crippen LogP contribution is 2.07. The predicted octanol–water partition coefficient (Wildman–Crippen LogP) is -0.117. The van der Waals surface area contributed by atoms with Crippen LogP contribution in [0.2, 0.25) is 0 Å². The Morgan fingerprint density at radius 2 is 2.36 bits per heavy atom. The number of hydrogen-bond donors (Lipinski definition) is 1. The van der Waals surface area contributed by atoms with Crippen LogP contribution in [0.4, 0.5) is 0 Å². The van der Waals surface area contributed by atoms with Crippen molar-refractivity contribution in [3.8, 4) is 0 Å². The summed E-state index contributed by atoms with van der Waals surface area (Å²) < 4.78 is 1.86. The molecule has 0 unspecified atom stereocenters. The van der Waals surface area contributed by atoms with Gasteiger partial charge in [0.05, 0.1) is 11.4 Å². The van der Waals surface area contributed by atoms with E-state index in [4.69, 9.17) is 0 Å². The SMILES string of the molecule is Cl.Cn1nnc2c1CCNC2. The molecule has 1 N–H and O–H groups in total. The van der Waals surface area contributed by atoms with Crippen LogP contribution >= 0.6 is 12.4 Å². The third-order valence-corrected chi connectivity index (χ3v) is 1.85. The summed E-state index contributed by atoms with van der Waals surface area (Å²) in [7, 11) is 1.94. The van der Waals surface area contributed by atoms with Crippen LogP contribution in [0.15, 0.2) is 0 Å². The molecule has 5 heteroatoms. The van der Waals surface area contributed by atoms with Crippen LogP contribution in [0.1, 0.15) is 11.4 Å². The van der Waals surface area contributed by atoms with Crippen molar-refractivity contribution in [2.24, 2.45) is 7.05 Å². The fraction of sp³-hybridized carbons (Fsp3) is 0.667. The minimum atomic E-state index is 0. The molecular formula is C6H11ClN4. The maximum atomic E-state index is 4.01. The maximum absolute atomic E-state index is 4.01. The zero-order chi connectivity index (χ0) is 6.97. The lowest BCUT2D eigenvalue weighted by atomic mass is 10.2. The second-order valence-corrected chi connectivity index (χ2v) is 2.53. The molecule has 0 aromatic carbocycles. The third-order valence-electron chi connectivity index (χ3n) is 1.85. The van der Waals surface area contributed by atoms with Gasteiger partial charge in [-0.1, -0.05) is 5.21 Å². The van der Waals surface area contributed by atoms with Gasteiger partial charge in [0, 0.05) is 26.6 Å². The Balaban J connectivity index is 0.000000605. The molecule has 11 heavy (non-hydrogen) atoms. The first-order chi connectivity index (χ1) is 4.88. The molecule has 0 saturated carbocycles. The van der Waals surface area contributed by atoms with Gasteiger partial charge in [0.25, 0.3) is 0 Å². The van der Waals surface area contributed by atoms with Gasteiger partial charge in [0.2, 0.25) is 0 Å². The highest BCUT2D eigenvalue weighted by molar-refractivity contribution is 5.85. The number of aromatic nitrogens is 3. The molecule has 0 aliphatic carbocycles. The fourth-order valence-electron chi connectivity index (χ4n) is 1.28. The van der Waals surface area contributed by atoms with Crippen molar-refractivity contribution in [3.05, 3.63) is 11.4 Å². The van der Waals surface area contributed by atoms with Gasteiger partial charge in [-0.15, -0.1) is 17.5 Å². The van der Waals surface area contributed by atoms with E-state index in [0.29, 0.717) is 0 Å². The largest absolute Gasteiger partial charge is 0.311 e. The Labute approximate surface area is 71.4 Å². The standard InChI is InChI=1S/C6H10N4.ClH/c1-10-6-2-3-7-4-5(6)8-9-10;/h7H,2-4H2,1H3;1H. The number of hydrogen-bond acceptors (Lipinski definition) is 3. The normalized spacial score (nSPS) is 15.4. The van der Waals surface area contributed by atoms with Crippen molar-refractivity contribution < 1.29 is 0 Å². The van der Waals surface area contributed by atoms with Gasteiger partial charge in [0.1, 0.15) is 0 Å². The van der Waals surface area contributed by atoms with Crippen molar-refractivity contribution in [2.75, 3.05) is 6.54 Å². The average molecular weight is 175 g/mol. The topological polar surface area (TPSA) is 42.7 Å². The van der Waals surface area contributed by atoms with Crippen molar-refractivity contribution in [3.63, 3.8) is 0 Å². The highest BCUT2D eigenvalue weighted by Gasteiger charge is 2.13. The van der Waals surface area contributed by atoms with Crippen LogP contribution in [0.3, 0.4) is 0 Å². The Hall–Kier alpha value is -0.610. The average Bonchev–Trinajstić information content (AvgIpc) is 2.34. The molecule has 2 rings (SSSR count). The Kier molecular flexibility index (Phi) is 2.46. The van der Waals surface area contributed by atoms with Crippen LogP contribution in [-0.2, 0) is 20.0 Å². The van der Waals surface area contributed by atoms with E-state index in [1.54, 1.807) is 0 Å². The lowest BCUT2D eigenvalue weighted by Crippen LogP contribution is -2.24. The van der Waals surface area contributed by atoms with Crippen molar-refractivity contribution in [1.82, 2.24) is 20.3 Å². The third kappa shape index (κ3) is 1.36. The van der Waals surface area contributed by atoms with Gasteiger partial charge < -0.3 is 5.32 Å². The van der Waals surface area contributed by atoms with E-state index in [-0.39, 0.29) is 12.4 Å². The quantitative estimate of drug-likeness (QED) is 0.597. The van der Waals surface area contributed by atoms with Gasteiger partial charge in [-0.3, -0.25) is 4.68 Å². The van der Waals surface area contributed by atoms with Crippen LogP contribution in [0, 0.1) is 0 Å². The lowest BCUT2D eigenvalue weighted by molar-refractivity contribution is 0.604. The lowest BCUT2D eigenvalue weighted by Gasteiger charge is -2.10. The minimum absolute atomic E-state index is 0. The zero-order valence-electron chi connectivity index (χ0n) is 6.37. The van der Waals surface area contributed by atoms with Gasteiger partial charge in [-0.25, -0.2) is 0 Å². The fourth-order valence-corrected chi connectivity index (χ4v) is 1.28. The minimum Gasteiger partial charge on any atom is -0.311 e. The molecule has 62 valence electrons. The molecule has 1 aliphatic rings. The Bertz CT molecular complexity index is 245. The molecule has 0 amide bonds. The van der Waals surface area contributed by atoms with Gasteiger partial charge in [-0.05, 0) is 0 Å². The highest BCUT2D eigenvalue weighted by atomic mass is 35.5. The van der Waals surface area contributed by atoms with Crippen LogP contribution in [0.25, 0.3) is 0 Å². The molecule has 2 heterocycles. The Morgan fingerprint density at radius 3 is 3.09 bits per heavy atom. The second-order valence-electron chi connectivity index (χ2n) is 2.53. The van der Waals surface area contributed by atoms with E-state index >= 15 is 0 Å². The summed E-state index contributed by atoms with van der Waals surface area (Å²) in [5, 5.41) is 11.2. The molecular weight excluding hydrogens is 164 g/mol. The summed E-state index contributed by atoms with van der Waals surface area (Å²) in [5.74, 6) is 0. The summed E-state index contributed by atoms with van der Waals surface area (Å²) in [6.07, 6.45) is 1.05. The van der Waals surface area contributed by atoms with Crippen LogP contribution in [-0.4, -0.2) is 21.5 Å². The summed E-state index contributed by atoms with van der Waals surface area (Å²) in [4.78, 5) is 0. The van der Waals surface area contributed by atoms with Crippen LogP contribution in [0.5, 0.6) is 0 Å². The first-order valence-corrected chi connectivity index (χ1v) is 3.46. The molecule has 1 aliphatic heterocycles. The van der Waals surface area contributed by atoms with Gasteiger partial charge in [-0.2, -0.15) is 0 Å². The molecule has 0 spiro atoms. The molecule has 0 saturated heterocycles. The molecule has 0 fully saturated rings.